The summed E-state index contributed by atoms with van der Waals surface area (Å²) in [6, 6.07) is 5.64. The molecule has 0 N–H and O–H groups in total. The highest BCUT2D eigenvalue weighted by Gasteiger charge is 2.02. The number of hydrogen-bond acceptors (Lipinski definition) is 2. The Labute approximate surface area is 77.4 Å². The summed E-state index contributed by atoms with van der Waals surface area (Å²) >= 11 is 3.25. The number of imidazole rings is 1. The first-order valence-electron chi connectivity index (χ1n) is 3.34. The Kier molecular flexibility index (Phi) is 1.59. The zero-order valence-electron chi connectivity index (χ0n) is 6.03. The first kappa shape index (κ1) is 7.32. The van der Waals surface area contributed by atoms with E-state index < -0.39 is 0 Å². The molecule has 0 spiro atoms. The second-order valence-corrected chi connectivity index (χ2v) is 3.14. The van der Waals surface area contributed by atoms with Crippen molar-refractivity contribution in [2.45, 2.75) is 0 Å². The zero-order valence-corrected chi connectivity index (χ0v) is 7.62. The van der Waals surface area contributed by atoms with Crippen LogP contribution in [0.5, 0.6) is 0 Å². The Hall–Kier alpha value is -1.34. The van der Waals surface area contributed by atoms with Crippen LogP contribution in [0.15, 0.2) is 29.1 Å². The molecule has 2 heterocycles. The number of halogens is 1. The van der Waals surface area contributed by atoms with Crippen LogP contribution in [0.3, 0.4) is 0 Å². The van der Waals surface area contributed by atoms with E-state index in [2.05, 4.69) is 27.0 Å². The maximum Gasteiger partial charge on any atom is 0.156 e. The van der Waals surface area contributed by atoms with Crippen LogP contribution in [0.2, 0.25) is 0 Å². The van der Waals surface area contributed by atoms with Crippen molar-refractivity contribution in [2.75, 3.05) is 0 Å². The van der Waals surface area contributed by atoms with E-state index in [0.717, 1.165) is 4.60 Å². The van der Waals surface area contributed by atoms with Crippen molar-refractivity contribution in [3.05, 3.63) is 34.7 Å². The maximum absolute atomic E-state index is 8.73. The Morgan fingerprint density at radius 2 is 2.42 bits per heavy atom. The van der Waals surface area contributed by atoms with E-state index in [1.807, 2.05) is 22.9 Å². The second kappa shape index (κ2) is 2.61. The third kappa shape index (κ3) is 0.990. The lowest BCUT2D eigenvalue weighted by Crippen LogP contribution is -1.85. The summed E-state index contributed by atoms with van der Waals surface area (Å²) in [6.45, 7) is 0. The van der Waals surface area contributed by atoms with Gasteiger partial charge in [-0.05, 0) is 28.1 Å². The predicted octanol–water partition coefficient (Wildman–Crippen LogP) is 1.97. The normalized spacial score (nSPS) is 10.0. The van der Waals surface area contributed by atoms with Gasteiger partial charge >= 0.3 is 0 Å². The lowest BCUT2D eigenvalue weighted by atomic mass is 10.3. The predicted molar refractivity (Wildman–Crippen MR) is 47.6 cm³/mol. The van der Waals surface area contributed by atoms with Gasteiger partial charge < -0.3 is 4.40 Å². The molecule has 0 atom stereocenters. The number of hydrogen-bond donors (Lipinski definition) is 0. The van der Waals surface area contributed by atoms with Crippen molar-refractivity contribution < 1.29 is 0 Å². The van der Waals surface area contributed by atoms with Crippen LogP contribution in [-0.4, -0.2) is 9.38 Å². The van der Waals surface area contributed by atoms with Gasteiger partial charge in [0.15, 0.2) is 5.65 Å². The number of fused-ring (bicyclic) bond motifs is 1. The molecule has 0 saturated heterocycles. The molecule has 2 aromatic heterocycles. The van der Waals surface area contributed by atoms with E-state index in [9.17, 15) is 0 Å². The monoisotopic (exact) mass is 221 g/mol. The molecule has 0 unspecified atom stereocenters. The first-order chi connectivity index (χ1) is 5.81. The van der Waals surface area contributed by atoms with E-state index >= 15 is 0 Å². The van der Waals surface area contributed by atoms with Crippen LogP contribution in [0.25, 0.3) is 5.65 Å². The largest absolute Gasteiger partial charge is 0.305 e. The number of aromatic nitrogens is 2. The van der Waals surface area contributed by atoms with Crippen LogP contribution >= 0.6 is 15.9 Å². The van der Waals surface area contributed by atoms with Crippen LogP contribution in [0, 0.1) is 11.3 Å². The summed E-state index contributed by atoms with van der Waals surface area (Å²) in [5, 5.41) is 8.73. The molecule has 12 heavy (non-hydrogen) atoms. The van der Waals surface area contributed by atoms with Gasteiger partial charge in [0.2, 0.25) is 0 Å². The van der Waals surface area contributed by atoms with Gasteiger partial charge in [-0.25, -0.2) is 4.98 Å². The van der Waals surface area contributed by atoms with E-state index in [4.69, 9.17) is 5.26 Å². The highest BCUT2D eigenvalue weighted by molar-refractivity contribution is 9.10. The van der Waals surface area contributed by atoms with Crippen LogP contribution in [0.4, 0.5) is 0 Å². The summed E-state index contributed by atoms with van der Waals surface area (Å²) in [5.74, 6) is 0. The molecule has 2 rings (SSSR count). The van der Waals surface area contributed by atoms with Gasteiger partial charge in [-0.1, -0.05) is 0 Å². The highest BCUT2D eigenvalue weighted by Crippen LogP contribution is 2.13. The Bertz CT molecular complexity index is 467. The van der Waals surface area contributed by atoms with Crippen molar-refractivity contribution in [1.29, 1.82) is 5.26 Å². The smallest absolute Gasteiger partial charge is 0.156 e. The molecular weight excluding hydrogens is 218 g/mol. The van der Waals surface area contributed by atoms with Crippen LogP contribution < -0.4 is 0 Å². The average Bonchev–Trinajstić information content (AvgIpc) is 2.44. The Morgan fingerprint density at radius 3 is 3.17 bits per heavy atom. The van der Waals surface area contributed by atoms with Gasteiger partial charge in [-0.2, -0.15) is 5.26 Å². The molecule has 0 radical (unpaired) electrons. The lowest BCUT2D eigenvalue weighted by molar-refractivity contribution is 1.18. The fourth-order valence-corrected chi connectivity index (χ4v) is 1.46. The molecular formula is C8H4BrN3. The SMILES string of the molecule is N#Cc1cccn2cc(Br)nc12. The Balaban J connectivity index is 2.89. The zero-order chi connectivity index (χ0) is 8.55. The lowest BCUT2D eigenvalue weighted by Gasteiger charge is -1.91. The number of rotatable bonds is 0. The third-order valence-electron chi connectivity index (χ3n) is 1.57. The molecule has 4 heteroatoms. The number of pyridine rings is 1. The van der Waals surface area contributed by atoms with Gasteiger partial charge in [0, 0.05) is 12.4 Å². The van der Waals surface area contributed by atoms with Gasteiger partial charge in [0.05, 0.1) is 5.56 Å². The van der Waals surface area contributed by atoms with Crippen molar-refractivity contribution in [2.24, 2.45) is 0 Å². The summed E-state index contributed by atoms with van der Waals surface area (Å²) in [7, 11) is 0. The molecule has 0 aliphatic heterocycles. The van der Waals surface area contributed by atoms with Crippen molar-refractivity contribution in [3.8, 4) is 6.07 Å². The average molecular weight is 222 g/mol. The molecule has 0 aromatic carbocycles. The first-order valence-corrected chi connectivity index (χ1v) is 4.14. The molecule has 3 nitrogen and oxygen atoms in total. The molecule has 0 bridgehead atoms. The van der Waals surface area contributed by atoms with E-state index in [-0.39, 0.29) is 0 Å². The summed E-state index contributed by atoms with van der Waals surface area (Å²) in [6.07, 6.45) is 3.67. The van der Waals surface area contributed by atoms with Crippen LogP contribution in [-0.2, 0) is 0 Å². The van der Waals surface area contributed by atoms with Gasteiger partial charge in [0.1, 0.15) is 10.7 Å². The summed E-state index contributed by atoms with van der Waals surface area (Å²) in [5.41, 5.74) is 1.27. The minimum atomic E-state index is 0.586. The fraction of sp³-hybridized carbons (Fsp3) is 0. The maximum atomic E-state index is 8.73. The molecule has 2 aromatic rings. The summed E-state index contributed by atoms with van der Waals surface area (Å²) in [4.78, 5) is 4.14. The minimum absolute atomic E-state index is 0.586. The molecule has 58 valence electrons. The van der Waals surface area contributed by atoms with Gasteiger partial charge in [-0.15, -0.1) is 0 Å². The van der Waals surface area contributed by atoms with Gasteiger partial charge in [0.25, 0.3) is 0 Å². The summed E-state index contributed by atoms with van der Waals surface area (Å²) < 4.78 is 2.55. The van der Waals surface area contributed by atoms with Gasteiger partial charge in [-0.3, -0.25) is 0 Å². The second-order valence-electron chi connectivity index (χ2n) is 2.33. The number of nitrogens with zero attached hydrogens (tertiary/aromatic N) is 3. The van der Waals surface area contributed by atoms with Crippen LogP contribution in [0.1, 0.15) is 5.56 Å². The molecule has 0 fully saturated rings. The molecule has 0 aliphatic carbocycles. The minimum Gasteiger partial charge on any atom is -0.305 e. The third-order valence-corrected chi connectivity index (χ3v) is 1.96. The Morgan fingerprint density at radius 1 is 1.58 bits per heavy atom. The molecule has 0 aliphatic rings. The quantitative estimate of drug-likeness (QED) is 0.683. The fourth-order valence-electron chi connectivity index (χ4n) is 1.07. The molecule has 0 amide bonds. The van der Waals surface area contributed by atoms with Crippen molar-refractivity contribution >= 4 is 21.6 Å². The van der Waals surface area contributed by atoms with E-state index in [1.54, 1.807) is 6.07 Å². The van der Waals surface area contributed by atoms with Crippen molar-refractivity contribution in [1.82, 2.24) is 9.38 Å². The topological polar surface area (TPSA) is 41.1 Å². The highest BCUT2D eigenvalue weighted by atomic mass is 79.9. The molecule has 0 saturated carbocycles. The van der Waals surface area contributed by atoms with Crippen molar-refractivity contribution in [3.63, 3.8) is 0 Å². The van der Waals surface area contributed by atoms with E-state index in [1.165, 1.54) is 0 Å². The standard InChI is InChI=1S/C8H4BrN3/c9-7-5-12-3-1-2-6(4-10)8(12)11-7/h1-3,5H. The number of nitriles is 1. The van der Waals surface area contributed by atoms with E-state index in [0.29, 0.717) is 11.2 Å².